The van der Waals surface area contributed by atoms with Crippen molar-refractivity contribution in [2.75, 3.05) is 6.54 Å². The summed E-state index contributed by atoms with van der Waals surface area (Å²) in [6.07, 6.45) is 7.41. The fourth-order valence-corrected chi connectivity index (χ4v) is 4.89. The first kappa shape index (κ1) is 19.8. The van der Waals surface area contributed by atoms with Crippen LogP contribution in [-0.2, 0) is 13.6 Å². The van der Waals surface area contributed by atoms with Gasteiger partial charge in [-0.3, -0.25) is 19.0 Å². The number of rotatable bonds is 3. The Kier molecular flexibility index (Phi) is 4.42. The van der Waals surface area contributed by atoms with E-state index in [2.05, 4.69) is 37.0 Å². The summed E-state index contributed by atoms with van der Waals surface area (Å²) >= 11 is 0. The van der Waals surface area contributed by atoms with Crippen molar-refractivity contribution in [2.45, 2.75) is 46.2 Å². The van der Waals surface area contributed by atoms with Gasteiger partial charge in [-0.05, 0) is 36.0 Å². The van der Waals surface area contributed by atoms with E-state index in [1.807, 2.05) is 21.6 Å². The number of hydrogen-bond acceptors (Lipinski definition) is 4. The number of aromatic nitrogens is 5. The standard InChI is InChI=1S/C23H28N6O2/c1-23(2,3)13-29-19-8-7-18(26-20(19)27(4)22(29)31)17-9-16-6-5-14(17)12-28(16)21(30)15-10-24-25-11-15/h7-11,14,16H,5-6,12-13H2,1-4H3,(H,24,25). The van der Waals surface area contributed by atoms with E-state index in [1.165, 1.54) is 5.57 Å². The molecule has 3 aromatic heterocycles. The maximum atomic E-state index is 12.8. The summed E-state index contributed by atoms with van der Waals surface area (Å²) < 4.78 is 3.46. The first-order chi connectivity index (χ1) is 14.7. The summed E-state index contributed by atoms with van der Waals surface area (Å²) in [5.41, 5.74) is 4.21. The second kappa shape index (κ2) is 6.93. The molecule has 0 saturated carbocycles. The van der Waals surface area contributed by atoms with Gasteiger partial charge >= 0.3 is 5.69 Å². The highest BCUT2D eigenvalue weighted by atomic mass is 16.2. The van der Waals surface area contributed by atoms with E-state index in [1.54, 1.807) is 24.0 Å². The van der Waals surface area contributed by atoms with Crippen LogP contribution >= 0.6 is 0 Å². The fraction of sp³-hybridized carbons (Fsp3) is 0.478. The molecule has 1 amide bonds. The molecule has 2 bridgehead atoms. The SMILES string of the molecule is Cn1c(=O)n(CC(C)(C)C)c2ccc(C3=CC4CCC3CN4C(=O)c3cn[nH]c3)nc21. The van der Waals surface area contributed by atoms with E-state index in [9.17, 15) is 9.59 Å². The van der Waals surface area contributed by atoms with Gasteiger partial charge in [0.15, 0.2) is 5.65 Å². The normalized spacial score (nSPS) is 21.0. The highest BCUT2D eigenvalue weighted by Gasteiger charge is 2.38. The maximum Gasteiger partial charge on any atom is 0.330 e. The number of fused-ring (bicyclic) bond motifs is 3. The lowest BCUT2D eigenvalue weighted by molar-refractivity contribution is 0.0609. The van der Waals surface area contributed by atoms with Gasteiger partial charge in [0.05, 0.1) is 29.0 Å². The Morgan fingerprint density at radius 3 is 2.71 bits per heavy atom. The second-order valence-electron chi connectivity index (χ2n) is 9.94. The number of aryl methyl sites for hydroxylation is 1. The molecule has 31 heavy (non-hydrogen) atoms. The van der Waals surface area contributed by atoms with Gasteiger partial charge < -0.3 is 4.90 Å². The van der Waals surface area contributed by atoms with Crippen LogP contribution in [0, 0.1) is 11.3 Å². The third-order valence-corrected chi connectivity index (χ3v) is 6.36. The monoisotopic (exact) mass is 420 g/mol. The maximum absolute atomic E-state index is 12.8. The molecule has 8 nitrogen and oxygen atoms in total. The molecule has 2 unspecified atom stereocenters. The largest absolute Gasteiger partial charge is 0.331 e. The molecule has 2 aliphatic heterocycles. The number of carbonyl (C=O) groups is 1. The van der Waals surface area contributed by atoms with Crippen LogP contribution in [-0.4, -0.2) is 47.7 Å². The Balaban J connectivity index is 1.50. The molecule has 162 valence electrons. The van der Waals surface area contributed by atoms with Crippen molar-refractivity contribution in [1.82, 2.24) is 29.2 Å². The average Bonchev–Trinajstić information content (AvgIpc) is 3.36. The molecule has 0 spiro atoms. The molecule has 2 atom stereocenters. The third-order valence-electron chi connectivity index (χ3n) is 6.36. The number of nitrogens with zero attached hydrogens (tertiary/aromatic N) is 5. The van der Waals surface area contributed by atoms with Gasteiger partial charge in [0.1, 0.15) is 0 Å². The Bertz CT molecular complexity index is 1240. The van der Waals surface area contributed by atoms with Crippen molar-refractivity contribution in [1.29, 1.82) is 0 Å². The Labute approximate surface area is 180 Å². The molecule has 1 aliphatic carbocycles. The lowest BCUT2D eigenvalue weighted by Crippen LogP contribution is -2.49. The van der Waals surface area contributed by atoms with E-state index < -0.39 is 0 Å². The summed E-state index contributed by atoms with van der Waals surface area (Å²) in [5, 5.41) is 6.62. The van der Waals surface area contributed by atoms with E-state index in [0.717, 1.165) is 24.1 Å². The highest BCUT2D eigenvalue weighted by Crippen LogP contribution is 2.40. The van der Waals surface area contributed by atoms with Crippen LogP contribution in [0.4, 0.5) is 0 Å². The van der Waals surface area contributed by atoms with Gasteiger partial charge in [0.25, 0.3) is 5.91 Å². The van der Waals surface area contributed by atoms with Crippen molar-refractivity contribution in [3.8, 4) is 0 Å². The minimum Gasteiger partial charge on any atom is -0.331 e. The van der Waals surface area contributed by atoms with Crippen LogP contribution < -0.4 is 5.69 Å². The molecule has 1 fully saturated rings. The van der Waals surface area contributed by atoms with Gasteiger partial charge in [0.2, 0.25) is 0 Å². The van der Waals surface area contributed by atoms with Crippen LogP contribution in [0.1, 0.15) is 49.7 Å². The molecule has 3 aromatic rings. The van der Waals surface area contributed by atoms with Crippen molar-refractivity contribution in [3.63, 3.8) is 0 Å². The number of piperidine rings is 1. The predicted molar refractivity (Wildman–Crippen MR) is 119 cm³/mol. The van der Waals surface area contributed by atoms with E-state index in [-0.39, 0.29) is 29.0 Å². The summed E-state index contributed by atoms with van der Waals surface area (Å²) in [6.45, 7) is 7.70. The zero-order valence-electron chi connectivity index (χ0n) is 18.4. The molecular weight excluding hydrogens is 392 g/mol. The number of hydrogen-bond donors (Lipinski definition) is 1. The van der Waals surface area contributed by atoms with Crippen LogP contribution in [0.15, 0.2) is 35.4 Å². The number of aromatic amines is 1. The average molecular weight is 421 g/mol. The number of pyridine rings is 1. The molecule has 1 N–H and O–H groups in total. The van der Waals surface area contributed by atoms with Crippen LogP contribution in [0.3, 0.4) is 0 Å². The summed E-state index contributed by atoms with van der Waals surface area (Å²) in [7, 11) is 1.79. The third kappa shape index (κ3) is 3.30. The lowest BCUT2D eigenvalue weighted by atomic mass is 9.78. The van der Waals surface area contributed by atoms with Gasteiger partial charge in [0, 0.05) is 32.3 Å². The molecule has 5 heterocycles. The van der Waals surface area contributed by atoms with E-state index >= 15 is 0 Å². The fourth-order valence-electron chi connectivity index (χ4n) is 4.89. The summed E-state index contributed by atoms with van der Waals surface area (Å²) in [4.78, 5) is 32.5. The summed E-state index contributed by atoms with van der Waals surface area (Å²) in [5.74, 6) is 0.267. The topological polar surface area (TPSA) is 88.8 Å². The smallest absolute Gasteiger partial charge is 0.330 e. The number of amides is 1. The number of H-pyrrole nitrogens is 1. The Hall–Kier alpha value is -3.16. The zero-order valence-corrected chi connectivity index (χ0v) is 18.4. The minimum atomic E-state index is -0.0365. The zero-order chi connectivity index (χ0) is 21.9. The van der Waals surface area contributed by atoms with Crippen LogP contribution in [0.2, 0.25) is 0 Å². The summed E-state index contributed by atoms with van der Waals surface area (Å²) in [6, 6.07) is 4.10. The van der Waals surface area contributed by atoms with E-state index in [4.69, 9.17) is 4.98 Å². The highest BCUT2D eigenvalue weighted by molar-refractivity contribution is 5.95. The Morgan fingerprint density at radius 2 is 2.06 bits per heavy atom. The first-order valence-electron chi connectivity index (χ1n) is 10.8. The lowest BCUT2D eigenvalue weighted by Gasteiger charge is -2.44. The van der Waals surface area contributed by atoms with Gasteiger partial charge in [-0.1, -0.05) is 26.8 Å². The Morgan fingerprint density at radius 1 is 1.26 bits per heavy atom. The van der Waals surface area contributed by atoms with Gasteiger partial charge in [-0.15, -0.1) is 0 Å². The number of carbonyl (C=O) groups excluding carboxylic acids is 1. The van der Waals surface area contributed by atoms with E-state index in [0.29, 0.717) is 24.3 Å². The second-order valence-corrected chi connectivity index (χ2v) is 9.94. The molecule has 0 radical (unpaired) electrons. The van der Waals surface area contributed by atoms with Crippen molar-refractivity contribution in [2.24, 2.45) is 18.4 Å². The van der Waals surface area contributed by atoms with Crippen LogP contribution in [0.25, 0.3) is 16.7 Å². The number of imidazole rings is 1. The quantitative estimate of drug-likeness (QED) is 0.706. The molecule has 8 heteroatoms. The molecule has 6 rings (SSSR count). The molecule has 3 aliphatic rings. The first-order valence-corrected chi connectivity index (χ1v) is 10.8. The molecule has 0 aromatic carbocycles. The number of nitrogens with one attached hydrogen (secondary N) is 1. The van der Waals surface area contributed by atoms with Crippen molar-refractivity contribution >= 4 is 22.6 Å². The van der Waals surface area contributed by atoms with Crippen molar-refractivity contribution in [3.05, 3.63) is 52.3 Å². The molecule has 1 saturated heterocycles. The molecular formula is C23H28N6O2. The van der Waals surface area contributed by atoms with Crippen molar-refractivity contribution < 1.29 is 4.79 Å². The predicted octanol–water partition coefficient (Wildman–Crippen LogP) is 2.82. The van der Waals surface area contributed by atoms with Crippen LogP contribution in [0.5, 0.6) is 0 Å². The van der Waals surface area contributed by atoms with Gasteiger partial charge in [-0.2, -0.15) is 5.10 Å². The minimum absolute atomic E-state index is 0.00713. The van der Waals surface area contributed by atoms with Gasteiger partial charge in [-0.25, -0.2) is 9.78 Å².